The molecule has 1 spiro atoms. The van der Waals surface area contributed by atoms with E-state index in [9.17, 15) is 9.18 Å². The highest BCUT2D eigenvalue weighted by Crippen LogP contribution is 2.40. The van der Waals surface area contributed by atoms with Gasteiger partial charge in [0.05, 0.1) is 19.7 Å². The largest absolute Gasteiger partial charge is 0.381 e. The molecule has 0 radical (unpaired) electrons. The molecule has 2 heterocycles. The van der Waals surface area contributed by atoms with Gasteiger partial charge in [-0.05, 0) is 38.0 Å². The van der Waals surface area contributed by atoms with Crippen molar-refractivity contribution in [3.8, 4) is 0 Å². The molecule has 0 N–H and O–H groups in total. The minimum Gasteiger partial charge on any atom is -0.381 e. The Bertz CT molecular complexity index is 569. The van der Waals surface area contributed by atoms with Crippen LogP contribution in [0.5, 0.6) is 0 Å². The fraction of sp³-hybridized carbons (Fsp3) is 0.588. The van der Waals surface area contributed by atoms with E-state index in [1.807, 2.05) is 6.92 Å². The third kappa shape index (κ3) is 2.63. The lowest BCUT2D eigenvalue weighted by Gasteiger charge is -2.50. The summed E-state index contributed by atoms with van der Waals surface area (Å²) in [6, 6.07) is 4.64. The molecular formula is C17H22FNO3. The predicted octanol–water partition coefficient (Wildman–Crippen LogP) is 2.40. The Morgan fingerprint density at radius 3 is 2.95 bits per heavy atom. The van der Waals surface area contributed by atoms with E-state index in [0.29, 0.717) is 43.3 Å². The summed E-state index contributed by atoms with van der Waals surface area (Å²) in [5.74, 6) is -0.131. The van der Waals surface area contributed by atoms with E-state index in [-0.39, 0.29) is 17.3 Å². The summed E-state index contributed by atoms with van der Waals surface area (Å²) < 4.78 is 25.0. The van der Waals surface area contributed by atoms with Gasteiger partial charge in [-0.2, -0.15) is 0 Å². The highest BCUT2D eigenvalue weighted by molar-refractivity contribution is 5.95. The molecule has 2 fully saturated rings. The molecule has 0 bridgehead atoms. The Labute approximate surface area is 130 Å². The molecule has 5 heteroatoms. The van der Waals surface area contributed by atoms with E-state index in [0.717, 1.165) is 13.0 Å². The van der Waals surface area contributed by atoms with Crippen molar-refractivity contribution in [2.75, 3.05) is 32.9 Å². The smallest absolute Gasteiger partial charge is 0.254 e. The Kier molecular flexibility index (Phi) is 4.19. The number of carbonyl (C=O) groups is 1. The van der Waals surface area contributed by atoms with Gasteiger partial charge in [-0.1, -0.05) is 6.07 Å². The summed E-state index contributed by atoms with van der Waals surface area (Å²) in [6.45, 7) is 6.89. The molecule has 4 nitrogen and oxygen atoms in total. The first-order chi connectivity index (χ1) is 10.6. The maximum atomic E-state index is 13.6. The van der Waals surface area contributed by atoms with E-state index in [2.05, 4.69) is 0 Å². The maximum absolute atomic E-state index is 13.6. The number of nitrogens with zero attached hydrogens (tertiary/aromatic N) is 1. The van der Waals surface area contributed by atoms with Gasteiger partial charge in [-0.15, -0.1) is 0 Å². The average Bonchev–Trinajstić information content (AvgIpc) is 2.89. The Morgan fingerprint density at radius 2 is 2.27 bits per heavy atom. The van der Waals surface area contributed by atoms with E-state index in [4.69, 9.17) is 9.47 Å². The molecule has 0 saturated carbocycles. The molecule has 2 saturated heterocycles. The van der Waals surface area contributed by atoms with Crippen LogP contribution in [0.2, 0.25) is 0 Å². The molecule has 1 amide bonds. The molecule has 3 rings (SSSR count). The number of benzene rings is 1. The fourth-order valence-electron chi connectivity index (χ4n) is 3.28. The lowest BCUT2D eigenvalue weighted by Crippen LogP contribution is -2.66. The minimum absolute atomic E-state index is 0.129. The number of rotatable bonds is 4. The average molecular weight is 307 g/mol. The van der Waals surface area contributed by atoms with Crippen LogP contribution in [0.15, 0.2) is 18.2 Å². The summed E-state index contributed by atoms with van der Waals surface area (Å²) in [4.78, 5) is 14.2. The van der Waals surface area contributed by atoms with E-state index < -0.39 is 0 Å². The second kappa shape index (κ2) is 5.97. The molecule has 2 aliphatic heterocycles. The van der Waals surface area contributed by atoms with Gasteiger partial charge in [0.15, 0.2) is 0 Å². The van der Waals surface area contributed by atoms with Crippen molar-refractivity contribution >= 4 is 5.91 Å². The number of hydrogen-bond donors (Lipinski definition) is 0. The lowest BCUT2D eigenvalue weighted by molar-refractivity contribution is -0.127. The molecule has 2 aliphatic rings. The Hall–Kier alpha value is -1.46. The zero-order chi connectivity index (χ0) is 15.7. The summed E-state index contributed by atoms with van der Waals surface area (Å²) in [7, 11) is 0. The Morgan fingerprint density at radius 1 is 1.50 bits per heavy atom. The topological polar surface area (TPSA) is 38.8 Å². The fourth-order valence-corrected chi connectivity index (χ4v) is 3.28. The number of ether oxygens (including phenoxy) is 2. The summed E-state index contributed by atoms with van der Waals surface area (Å²) in [5, 5.41) is 0. The molecule has 1 unspecified atom stereocenters. The zero-order valence-electron chi connectivity index (χ0n) is 13.1. The molecule has 0 aromatic heterocycles. The highest BCUT2D eigenvalue weighted by atomic mass is 19.1. The van der Waals surface area contributed by atoms with Crippen LogP contribution < -0.4 is 0 Å². The van der Waals surface area contributed by atoms with Crippen LogP contribution in [-0.2, 0) is 9.47 Å². The molecule has 120 valence electrons. The SMILES string of the molecule is CCOCC1CCOC12CN(C(=O)c1ccc(C)c(F)c1)C2. The quantitative estimate of drug-likeness (QED) is 0.857. The summed E-state index contributed by atoms with van der Waals surface area (Å²) in [5.41, 5.74) is 0.693. The van der Waals surface area contributed by atoms with Crippen molar-refractivity contribution in [3.05, 3.63) is 35.1 Å². The van der Waals surface area contributed by atoms with Crippen LogP contribution in [-0.4, -0.2) is 49.3 Å². The van der Waals surface area contributed by atoms with Crippen molar-refractivity contribution in [1.82, 2.24) is 4.90 Å². The van der Waals surface area contributed by atoms with Gasteiger partial charge < -0.3 is 14.4 Å². The third-order valence-corrected chi connectivity index (χ3v) is 4.75. The van der Waals surface area contributed by atoms with E-state index in [1.54, 1.807) is 24.0 Å². The van der Waals surface area contributed by atoms with Crippen LogP contribution in [0.3, 0.4) is 0 Å². The normalized spacial score (nSPS) is 22.9. The molecule has 1 aromatic carbocycles. The van der Waals surface area contributed by atoms with Crippen LogP contribution >= 0.6 is 0 Å². The number of carbonyl (C=O) groups excluding carboxylic acids is 1. The monoisotopic (exact) mass is 307 g/mol. The zero-order valence-corrected chi connectivity index (χ0v) is 13.1. The molecule has 1 atom stereocenters. The van der Waals surface area contributed by atoms with Crippen LogP contribution in [0, 0.1) is 18.7 Å². The van der Waals surface area contributed by atoms with Gasteiger partial charge in [-0.25, -0.2) is 4.39 Å². The van der Waals surface area contributed by atoms with Gasteiger partial charge in [-0.3, -0.25) is 4.79 Å². The molecule has 22 heavy (non-hydrogen) atoms. The first kappa shape index (κ1) is 15.4. The standard InChI is InChI=1S/C17H22FNO3/c1-3-21-9-14-6-7-22-17(14)10-19(11-17)16(20)13-5-4-12(2)15(18)8-13/h4-5,8,14H,3,6-7,9-11H2,1-2H3. The van der Waals surface area contributed by atoms with Gasteiger partial charge in [0.2, 0.25) is 0 Å². The van der Waals surface area contributed by atoms with Crippen molar-refractivity contribution in [1.29, 1.82) is 0 Å². The van der Waals surface area contributed by atoms with Crippen LogP contribution in [0.4, 0.5) is 4.39 Å². The van der Waals surface area contributed by atoms with Crippen molar-refractivity contribution < 1.29 is 18.7 Å². The Balaban J connectivity index is 1.64. The second-order valence-corrected chi connectivity index (χ2v) is 6.18. The molecule has 1 aromatic rings. The number of likely N-dealkylation sites (tertiary alicyclic amines) is 1. The third-order valence-electron chi connectivity index (χ3n) is 4.75. The number of amides is 1. The van der Waals surface area contributed by atoms with Crippen molar-refractivity contribution in [2.24, 2.45) is 5.92 Å². The van der Waals surface area contributed by atoms with Crippen LogP contribution in [0.25, 0.3) is 0 Å². The summed E-state index contributed by atoms with van der Waals surface area (Å²) in [6.07, 6.45) is 0.973. The number of halogens is 1. The lowest BCUT2D eigenvalue weighted by atomic mass is 9.81. The van der Waals surface area contributed by atoms with Crippen molar-refractivity contribution in [3.63, 3.8) is 0 Å². The van der Waals surface area contributed by atoms with E-state index >= 15 is 0 Å². The minimum atomic E-state index is -0.340. The van der Waals surface area contributed by atoms with Crippen molar-refractivity contribution in [2.45, 2.75) is 25.9 Å². The predicted molar refractivity (Wildman–Crippen MR) is 80.3 cm³/mol. The highest BCUT2D eigenvalue weighted by Gasteiger charge is 2.54. The maximum Gasteiger partial charge on any atom is 0.254 e. The van der Waals surface area contributed by atoms with Crippen LogP contribution in [0.1, 0.15) is 29.3 Å². The van der Waals surface area contributed by atoms with E-state index in [1.165, 1.54) is 6.07 Å². The summed E-state index contributed by atoms with van der Waals surface area (Å²) >= 11 is 0. The van der Waals surface area contributed by atoms with Gasteiger partial charge in [0.25, 0.3) is 5.91 Å². The first-order valence-electron chi connectivity index (χ1n) is 7.83. The molecule has 0 aliphatic carbocycles. The second-order valence-electron chi connectivity index (χ2n) is 6.18. The van der Waals surface area contributed by atoms with Gasteiger partial charge in [0, 0.05) is 24.7 Å². The van der Waals surface area contributed by atoms with Gasteiger partial charge >= 0.3 is 0 Å². The number of hydrogen-bond acceptors (Lipinski definition) is 3. The van der Waals surface area contributed by atoms with Gasteiger partial charge in [0.1, 0.15) is 11.4 Å². The molecular weight excluding hydrogens is 285 g/mol. The first-order valence-corrected chi connectivity index (χ1v) is 7.83. The number of aryl methyl sites for hydroxylation is 1.